The Hall–Kier alpha value is -2.85. The maximum Gasteiger partial charge on any atom is 0.410 e. The number of hydrogen-bond acceptors (Lipinski definition) is 7. The number of hydrogen-bond donors (Lipinski definition) is 2. The second kappa shape index (κ2) is 14.2. The van der Waals surface area contributed by atoms with Crippen molar-refractivity contribution in [1.29, 1.82) is 0 Å². The van der Waals surface area contributed by atoms with E-state index in [0.29, 0.717) is 51.4 Å². The summed E-state index contributed by atoms with van der Waals surface area (Å²) in [6.07, 6.45) is 2.85. The van der Waals surface area contributed by atoms with Crippen LogP contribution in [0.1, 0.15) is 79.6 Å². The highest BCUT2D eigenvalue weighted by molar-refractivity contribution is 5.83. The average Bonchev–Trinajstić information content (AvgIpc) is 2.81. The molecule has 0 saturated carbocycles. The molecule has 0 aromatic heterocycles. The first-order chi connectivity index (χ1) is 17.4. The van der Waals surface area contributed by atoms with E-state index in [-0.39, 0.29) is 36.8 Å². The zero-order valence-electron chi connectivity index (χ0n) is 23.0. The standard InChI is InChI=1S/C26H44N4O7/c1-6-36-23(33)16-21(27-18(2)31)28-24(34)20-8-7-13-30(17-20)22(32)10-9-19-11-14-29(15-12-19)25(35)37-26(3,4)5/h19-21H,6-17H2,1-5H3,(H,27,31)(H,28,34)/t20-,21+/m1/s1. The van der Waals surface area contributed by atoms with Crippen LogP contribution in [0.2, 0.25) is 0 Å². The SMILES string of the molecule is CCOC(=O)C[C@@H](NC(C)=O)NC(=O)[C@@H]1CCCN(C(=O)CCC2CCN(C(=O)OC(C)(C)C)CC2)C1. The average molecular weight is 525 g/mol. The van der Waals surface area contributed by atoms with E-state index in [2.05, 4.69) is 10.6 Å². The smallest absolute Gasteiger partial charge is 0.410 e. The van der Waals surface area contributed by atoms with Crippen molar-refractivity contribution < 1.29 is 33.4 Å². The molecule has 0 spiro atoms. The molecular formula is C26H44N4O7. The predicted molar refractivity (Wildman–Crippen MR) is 136 cm³/mol. The van der Waals surface area contributed by atoms with Crippen LogP contribution in [0.15, 0.2) is 0 Å². The van der Waals surface area contributed by atoms with Crippen molar-refractivity contribution in [3.8, 4) is 0 Å². The highest BCUT2D eigenvalue weighted by Gasteiger charge is 2.31. The van der Waals surface area contributed by atoms with Gasteiger partial charge in [0.2, 0.25) is 17.7 Å². The minimum Gasteiger partial charge on any atom is -0.466 e. The van der Waals surface area contributed by atoms with Crippen LogP contribution in [0.4, 0.5) is 4.79 Å². The molecule has 11 nitrogen and oxygen atoms in total. The number of esters is 1. The number of likely N-dealkylation sites (tertiary alicyclic amines) is 2. The monoisotopic (exact) mass is 524 g/mol. The van der Waals surface area contributed by atoms with Gasteiger partial charge < -0.3 is 29.9 Å². The Morgan fingerprint density at radius 2 is 1.65 bits per heavy atom. The zero-order valence-corrected chi connectivity index (χ0v) is 23.0. The van der Waals surface area contributed by atoms with Gasteiger partial charge in [0.1, 0.15) is 11.8 Å². The summed E-state index contributed by atoms with van der Waals surface area (Å²) in [5.41, 5.74) is -0.519. The third-order valence-corrected chi connectivity index (χ3v) is 6.55. The van der Waals surface area contributed by atoms with E-state index in [1.807, 2.05) is 20.8 Å². The van der Waals surface area contributed by atoms with Crippen LogP contribution >= 0.6 is 0 Å². The van der Waals surface area contributed by atoms with Crippen LogP contribution < -0.4 is 10.6 Å². The van der Waals surface area contributed by atoms with Gasteiger partial charge in [-0.2, -0.15) is 0 Å². The van der Waals surface area contributed by atoms with Gasteiger partial charge in [-0.05, 0) is 65.7 Å². The topological polar surface area (TPSA) is 134 Å². The molecule has 2 aliphatic heterocycles. The van der Waals surface area contributed by atoms with Gasteiger partial charge >= 0.3 is 12.1 Å². The maximum absolute atomic E-state index is 12.9. The number of carbonyl (C=O) groups is 5. The number of amides is 4. The first kappa shape index (κ1) is 30.4. The van der Waals surface area contributed by atoms with E-state index in [1.54, 1.807) is 16.7 Å². The Bertz CT molecular complexity index is 818. The Morgan fingerprint density at radius 3 is 2.24 bits per heavy atom. The van der Waals surface area contributed by atoms with Gasteiger partial charge in [0, 0.05) is 39.5 Å². The van der Waals surface area contributed by atoms with E-state index < -0.39 is 23.7 Å². The van der Waals surface area contributed by atoms with Crippen LogP contribution in [-0.2, 0) is 28.7 Å². The van der Waals surface area contributed by atoms with Gasteiger partial charge in [0.25, 0.3) is 0 Å². The summed E-state index contributed by atoms with van der Waals surface area (Å²) in [5.74, 6) is -1.20. The van der Waals surface area contributed by atoms with Crippen molar-refractivity contribution in [1.82, 2.24) is 20.4 Å². The van der Waals surface area contributed by atoms with Gasteiger partial charge in [-0.3, -0.25) is 19.2 Å². The second-order valence-electron chi connectivity index (χ2n) is 10.9. The van der Waals surface area contributed by atoms with Crippen molar-refractivity contribution in [3.63, 3.8) is 0 Å². The number of carbonyl (C=O) groups excluding carboxylic acids is 5. The molecule has 4 amide bonds. The Kier molecular flexibility index (Phi) is 11.6. The fourth-order valence-electron chi connectivity index (χ4n) is 4.69. The quantitative estimate of drug-likeness (QED) is 0.349. The summed E-state index contributed by atoms with van der Waals surface area (Å²) >= 11 is 0. The molecule has 37 heavy (non-hydrogen) atoms. The first-order valence-electron chi connectivity index (χ1n) is 13.4. The minimum atomic E-state index is -0.860. The van der Waals surface area contributed by atoms with Crippen molar-refractivity contribution in [2.24, 2.45) is 11.8 Å². The molecule has 0 unspecified atom stereocenters. The number of piperidine rings is 2. The van der Waals surface area contributed by atoms with Gasteiger partial charge in [-0.15, -0.1) is 0 Å². The summed E-state index contributed by atoms with van der Waals surface area (Å²) in [4.78, 5) is 64.9. The van der Waals surface area contributed by atoms with Crippen molar-refractivity contribution in [2.75, 3.05) is 32.8 Å². The van der Waals surface area contributed by atoms with Crippen molar-refractivity contribution >= 4 is 29.8 Å². The fourth-order valence-corrected chi connectivity index (χ4v) is 4.69. The van der Waals surface area contributed by atoms with Gasteiger partial charge in [0.15, 0.2) is 0 Å². The molecule has 2 heterocycles. The lowest BCUT2D eigenvalue weighted by molar-refractivity contribution is -0.144. The molecule has 2 saturated heterocycles. The summed E-state index contributed by atoms with van der Waals surface area (Å²) in [7, 11) is 0. The van der Waals surface area contributed by atoms with Crippen LogP contribution in [0.3, 0.4) is 0 Å². The van der Waals surface area contributed by atoms with Gasteiger partial charge in [0.05, 0.1) is 18.9 Å². The Labute approximate surface area is 220 Å². The fraction of sp³-hybridized carbons (Fsp3) is 0.808. The minimum absolute atomic E-state index is 0.0250. The molecule has 0 aliphatic carbocycles. The maximum atomic E-state index is 12.9. The molecule has 0 aromatic rings. The van der Waals surface area contributed by atoms with Crippen LogP contribution in [-0.4, -0.2) is 84.1 Å². The Morgan fingerprint density at radius 1 is 0.973 bits per heavy atom. The van der Waals surface area contributed by atoms with E-state index in [1.165, 1.54) is 6.92 Å². The molecule has 11 heteroatoms. The molecule has 0 aromatic carbocycles. The lowest BCUT2D eigenvalue weighted by atomic mass is 9.91. The van der Waals surface area contributed by atoms with E-state index in [9.17, 15) is 24.0 Å². The number of rotatable bonds is 9. The third kappa shape index (κ3) is 11.0. The van der Waals surface area contributed by atoms with Gasteiger partial charge in [-0.1, -0.05) is 0 Å². The summed E-state index contributed by atoms with van der Waals surface area (Å²) in [6, 6.07) is 0. The third-order valence-electron chi connectivity index (χ3n) is 6.55. The lowest BCUT2D eigenvalue weighted by Gasteiger charge is -2.35. The molecule has 2 fully saturated rings. The van der Waals surface area contributed by atoms with E-state index in [0.717, 1.165) is 19.3 Å². The number of nitrogens with one attached hydrogen (secondary N) is 2. The summed E-state index contributed by atoms with van der Waals surface area (Å²) in [5, 5.41) is 5.29. The molecule has 0 bridgehead atoms. The molecule has 2 atom stereocenters. The molecule has 2 rings (SSSR count). The van der Waals surface area contributed by atoms with E-state index >= 15 is 0 Å². The van der Waals surface area contributed by atoms with Crippen molar-refractivity contribution in [3.05, 3.63) is 0 Å². The molecule has 2 N–H and O–H groups in total. The predicted octanol–water partition coefficient (Wildman–Crippen LogP) is 2.18. The number of ether oxygens (including phenoxy) is 2. The first-order valence-corrected chi connectivity index (χ1v) is 13.4. The van der Waals surface area contributed by atoms with Crippen LogP contribution in [0.5, 0.6) is 0 Å². The highest BCUT2D eigenvalue weighted by atomic mass is 16.6. The summed E-state index contributed by atoms with van der Waals surface area (Å²) in [6.45, 7) is 10.9. The number of nitrogens with zero attached hydrogens (tertiary/aromatic N) is 2. The molecule has 0 radical (unpaired) electrons. The normalized spacial score (nSPS) is 19.5. The summed E-state index contributed by atoms with van der Waals surface area (Å²) < 4.78 is 10.4. The van der Waals surface area contributed by atoms with Crippen LogP contribution in [0, 0.1) is 11.8 Å². The van der Waals surface area contributed by atoms with Gasteiger partial charge in [-0.25, -0.2) is 4.79 Å². The van der Waals surface area contributed by atoms with Crippen molar-refractivity contribution in [2.45, 2.75) is 91.3 Å². The molecular weight excluding hydrogens is 480 g/mol. The Balaban J connectivity index is 1.79. The second-order valence-corrected chi connectivity index (χ2v) is 10.9. The molecule has 2 aliphatic rings. The van der Waals surface area contributed by atoms with Crippen LogP contribution in [0.25, 0.3) is 0 Å². The molecule has 210 valence electrons. The largest absolute Gasteiger partial charge is 0.466 e. The van der Waals surface area contributed by atoms with E-state index in [4.69, 9.17) is 9.47 Å². The zero-order chi connectivity index (χ0) is 27.6. The highest BCUT2D eigenvalue weighted by Crippen LogP contribution is 2.25. The lowest BCUT2D eigenvalue weighted by Crippen LogP contribution is -2.53.